The molecule has 0 heterocycles. The van der Waals surface area contributed by atoms with E-state index < -0.39 is 23.7 Å². The highest BCUT2D eigenvalue weighted by atomic mass is 19.4. The lowest BCUT2D eigenvalue weighted by Crippen LogP contribution is -2.32. The van der Waals surface area contributed by atoms with Crippen LogP contribution in [0, 0.1) is 5.41 Å². The number of halogens is 3. The minimum atomic E-state index is -4.77. The van der Waals surface area contributed by atoms with Crippen LogP contribution in [0.3, 0.4) is 0 Å². The lowest BCUT2D eigenvalue weighted by atomic mass is 9.89. The molecule has 0 radical (unpaired) electrons. The summed E-state index contributed by atoms with van der Waals surface area (Å²) in [4.78, 5) is 23.7. The van der Waals surface area contributed by atoms with E-state index in [2.05, 4.69) is 10.1 Å². The molecule has 23 heavy (non-hydrogen) atoms. The van der Waals surface area contributed by atoms with Gasteiger partial charge < -0.3 is 10.1 Å². The Balaban J connectivity index is 2.71. The first-order valence-corrected chi connectivity index (χ1v) is 7.07. The van der Waals surface area contributed by atoms with Gasteiger partial charge in [0, 0.05) is 5.41 Å². The molecule has 0 aliphatic heterocycles. The van der Waals surface area contributed by atoms with Gasteiger partial charge in [-0.3, -0.25) is 9.59 Å². The van der Waals surface area contributed by atoms with E-state index in [0.29, 0.717) is 5.56 Å². The fraction of sp³-hybridized carbons (Fsp3) is 0.500. The predicted octanol–water partition coefficient (Wildman–Crippen LogP) is 3.77. The maximum Gasteiger partial charge on any atom is 0.573 e. The van der Waals surface area contributed by atoms with Gasteiger partial charge in [0.05, 0.1) is 12.5 Å². The third kappa shape index (κ3) is 6.71. The van der Waals surface area contributed by atoms with Gasteiger partial charge in [-0.1, -0.05) is 32.9 Å². The van der Waals surface area contributed by atoms with Gasteiger partial charge in [0.25, 0.3) is 0 Å². The van der Waals surface area contributed by atoms with Crippen LogP contribution in [-0.2, 0) is 9.59 Å². The van der Waals surface area contributed by atoms with Crippen molar-refractivity contribution < 1.29 is 27.5 Å². The van der Waals surface area contributed by atoms with Crippen LogP contribution in [-0.4, -0.2) is 18.1 Å². The SMILES string of the molecule is C[C@H](NC(=O)CC(=O)C(C)(C)C)c1cccc(OC(F)(F)F)c1. The molecule has 0 aliphatic carbocycles. The van der Waals surface area contributed by atoms with Gasteiger partial charge in [-0.05, 0) is 24.6 Å². The molecule has 1 aromatic rings. The lowest BCUT2D eigenvalue weighted by Gasteiger charge is -2.19. The van der Waals surface area contributed by atoms with E-state index in [1.807, 2.05) is 0 Å². The molecule has 128 valence electrons. The Labute approximate surface area is 133 Å². The third-order valence-corrected chi connectivity index (χ3v) is 3.13. The van der Waals surface area contributed by atoms with Crippen molar-refractivity contribution in [3.8, 4) is 5.75 Å². The number of alkyl halides is 3. The molecule has 1 N–H and O–H groups in total. The van der Waals surface area contributed by atoms with Crippen molar-refractivity contribution in [2.75, 3.05) is 0 Å². The minimum absolute atomic E-state index is 0.212. The minimum Gasteiger partial charge on any atom is -0.406 e. The smallest absolute Gasteiger partial charge is 0.406 e. The second-order valence-electron chi connectivity index (χ2n) is 6.26. The van der Waals surface area contributed by atoms with E-state index in [1.165, 1.54) is 18.2 Å². The second kappa shape index (κ2) is 7.02. The number of hydrogen-bond donors (Lipinski definition) is 1. The molecular formula is C16H20F3NO3. The summed E-state index contributed by atoms with van der Waals surface area (Å²) in [6, 6.07) is 4.80. The molecule has 1 aromatic carbocycles. The average molecular weight is 331 g/mol. The largest absolute Gasteiger partial charge is 0.573 e. The zero-order valence-corrected chi connectivity index (χ0v) is 13.5. The number of ketones is 1. The Morgan fingerprint density at radius 1 is 1.22 bits per heavy atom. The number of carbonyl (C=O) groups is 2. The quantitative estimate of drug-likeness (QED) is 0.836. The Kier molecular flexibility index (Phi) is 5.80. The highest BCUT2D eigenvalue weighted by Gasteiger charge is 2.31. The van der Waals surface area contributed by atoms with E-state index in [9.17, 15) is 22.8 Å². The number of ether oxygens (including phenoxy) is 1. The Morgan fingerprint density at radius 3 is 2.35 bits per heavy atom. The van der Waals surface area contributed by atoms with E-state index in [0.717, 1.165) is 0 Å². The molecule has 0 aromatic heterocycles. The normalized spacial score (nSPS) is 13.3. The number of Topliss-reactive ketones (excluding diaryl/α,β-unsaturated/α-hetero) is 1. The highest BCUT2D eigenvalue weighted by molar-refractivity contribution is 6.00. The summed E-state index contributed by atoms with van der Waals surface area (Å²) >= 11 is 0. The van der Waals surface area contributed by atoms with Gasteiger partial charge in [-0.15, -0.1) is 13.2 Å². The van der Waals surface area contributed by atoms with E-state index in [1.54, 1.807) is 33.8 Å². The Bertz CT molecular complexity index is 577. The first-order chi connectivity index (χ1) is 10.4. The summed E-state index contributed by atoms with van der Waals surface area (Å²) in [5, 5.41) is 2.59. The molecule has 1 amide bonds. The topological polar surface area (TPSA) is 55.4 Å². The van der Waals surface area contributed by atoms with E-state index in [4.69, 9.17) is 0 Å². The van der Waals surface area contributed by atoms with Gasteiger partial charge >= 0.3 is 6.36 Å². The fourth-order valence-corrected chi connectivity index (χ4v) is 1.77. The van der Waals surface area contributed by atoms with Crippen molar-refractivity contribution in [2.24, 2.45) is 5.41 Å². The van der Waals surface area contributed by atoms with Crippen LogP contribution in [0.5, 0.6) is 5.75 Å². The third-order valence-electron chi connectivity index (χ3n) is 3.13. The van der Waals surface area contributed by atoms with Gasteiger partial charge in [0.1, 0.15) is 11.5 Å². The van der Waals surface area contributed by atoms with Crippen LogP contribution < -0.4 is 10.1 Å². The number of benzene rings is 1. The molecule has 7 heteroatoms. The number of carbonyl (C=O) groups excluding carboxylic acids is 2. The highest BCUT2D eigenvalue weighted by Crippen LogP contribution is 2.25. The van der Waals surface area contributed by atoms with E-state index >= 15 is 0 Å². The number of rotatable bonds is 5. The molecule has 0 bridgehead atoms. The Morgan fingerprint density at radius 2 is 1.83 bits per heavy atom. The average Bonchev–Trinajstić information content (AvgIpc) is 2.35. The summed E-state index contributed by atoms with van der Waals surface area (Å²) in [5.74, 6) is -1.04. The van der Waals surface area contributed by atoms with Gasteiger partial charge in [0.15, 0.2) is 0 Å². The zero-order valence-electron chi connectivity index (χ0n) is 13.5. The monoisotopic (exact) mass is 331 g/mol. The molecule has 4 nitrogen and oxygen atoms in total. The van der Waals surface area contributed by atoms with Crippen molar-refractivity contribution in [3.63, 3.8) is 0 Å². The van der Waals surface area contributed by atoms with Crippen molar-refractivity contribution in [2.45, 2.75) is 46.5 Å². The van der Waals surface area contributed by atoms with Gasteiger partial charge in [0.2, 0.25) is 5.91 Å². The second-order valence-corrected chi connectivity index (χ2v) is 6.26. The Hall–Kier alpha value is -2.05. The van der Waals surface area contributed by atoms with Crippen LogP contribution in [0.2, 0.25) is 0 Å². The number of hydrogen-bond acceptors (Lipinski definition) is 3. The molecule has 0 fully saturated rings. The van der Waals surface area contributed by atoms with Crippen molar-refractivity contribution in [1.29, 1.82) is 0 Å². The summed E-state index contributed by atoms with van der Waals surface area (Å²) < 4.78 is 40.5. The lowest BCUT2D eigenvalue weighted by molar-refractivity contribution is -0.274. The summed E-state index contributed by atoms with van der Waals surface area (Å²) in [7, 11) is 0. The molecule has 1 atom stereocenters. The molecule has 0 saturated carbocycles. The van der Waals surface area contributed by atoms with Crippen LogP contribution >= 0.6 is 0 Å². The van der Waals surface area contributed by atoms with Crippen LogP contribution in [0.4, 0.5) is 13.2 Å². The van der Waals surface area contributed by atoms with Crippen molar-refractivity contribution in [3.05, 3.63) is 29.8 Å². The standard InChI is InChI=1S/C16H20F3NO3/c1-10(20-14(22)9-13(21)15(2,3)4)11-6-5-7-12(8-11)23-16(17,18)19/h5-8,10H,9H2,1-4H3,(H,20,22)/t10-/m0/s1. The molecular weight excluding hydrogens is 311 g/mol. The molecule has 0 saturated heterocycles. The summed E-state index contributed by atoms with van der Waals surface area (Å²) in [5.41, 5.74) is -0.176. The number of nitrogens with one attached hydrogen (secondary N) is 1. The summed E-state index contributed by atoms with van der Waals surface area (Å²) in [6.45, 7) is 6.75. The van der Waals surface area contributed by atoms with Crippen LogP contribution in [0.1, 0.15) is 45.7 Å². The molecule has 0 spiro atoms. The van der Waals surface area contributed by atoms with Gasteiger partial charge in [-0.2, -0.15) is 0 Å². The van der Waals surface area contributed by atoms with Crippen LogP contribution in [0.15, 0.2) is 24.3 Å². The number of amides is 1. The fourth-order valence-electron chi connectivity index (χ4n) is 1.77. The first kappa shape index (κ1) is 19.0. The van der Waals surface area contributed by atoms with Crippen molar-refractivity contribution in [1.82, 2.24) is 5.32 Å². The maximum absolute atomic E-state index is 12.2. The van der Waals surface area contributed by atoms with Crippen LogP contribution in [0.25, 0.3) is 0 Å². The maximum atomic E-state index is 12.2. The van der Waals surface area contributed by atoms with E-state index in [-0.39, 0.29) is 18.0 Å². The summed E-state index contributed by atoms with van der Waals surface area (Å²) in [6.07, 6.45) is -5.04. The molecule has 0 unspecified atom stereocenters. The zero-order chi connectivity index (χ0) is 17.8. The molecule has 0 aliphatic rings. The van der Waals surface area contributed by atoms with Crippen molar-refractivity contribution >= 4 is 11.7 Å². The first-order valence-electron chi connectivity index (χ1n) is 7.07. The molecule has 1 rings (SSSR count). The van der Waals surface area contributed by atoms with Gasteiger partial charge in [-0.25, -0.2) is 0 Å². The predicted molar refractivity (Wildman–Crippen MR) is 78.8 cm³/mol.